The highest BCUT2D eigenvalue weighted by molar-refractivity contribution is 5.69. The molecule has 1 rings (SSSR count). The third-order valence-electron chi connectivity index (χ3n) is 3.84. The van der Waals surface area contributed by atoms with E-state index in [0.29, 0.717) is 18.9 Å². The zero-order chi connectivity index (χ0) is 13.1. The zero-order valence-electron chi connectivity index (χ0n) is 11.8. The maximum absolute atomic E-state index is 11.6. The van der Waals surface area contributed by atoms with E-state index in [9.17, 15) is 4.79 Å². The van der Waals surface area contributed by atoms with Gasteiger partial charge in [0.2, 0.25) is 0 Å². The second-order valence-electron chi connectivity index (χ2n) is 5.56. The fourth-order valence-electron chi connectivity index (χ4n) is 2.61. The molecule has 0 N–H and O–H groups in total. The van der Waals surface area contributed by atoms with Crippen LogP contribution in [0, 0.1) is 12.8 Å². The van der Waals surface area contributed by atoms with E-state index in [-0.39, 0.29) is 5.97 Å². The summed E-state index contributed by atoms with van der Waals surface area (Å²) in [6.45, 7) is 4.48. The van der Waals surface area contributed by atoms with Crippen molar-refractivity contribution < 1.29 is 9.53 Å². The predicted octanol–water partition coefficient (Wildman–Crippen LogP) is 4.67. The number of hydrogen-bond donors (Lipinski definition) is 0. The molecule has 0 aliphatic heterocycles. The first kappa shape index (κ1) is 15.5. The fraction of sp³-hybridized carbons (Fsp3) is 0.875. The summed E-state index contributed by atoms with van der Waals surface area (Å²) in [5.41, 5.74) is 0. The van der Waals surface area contributed by atoms with E-state index in [2.05, 4.69) is 6.92 Å². The zero-order valence-corrected chi connectivity index (χ0v) is 11.8. The van der Waals surface area contributed by atoms with E-state index in [1.807, 2.05) is 0 Å². The van der Waals surface area contributed by atoms with Crippen LogP contribution in [0.4, 0.5) is 0 Å². The minimum absolute atomic E-state index is 0.00821. The molecule has 0 saturated heterocycles. The van der Waals surface area contributed by atoms with Gasteiger partial charge in [-0.05, 0) is 25.2 Å². The molecule has 1 radical (unpaired) electrons. The topological polar surface area (TPSA) is 26.3 Å². The van der Waals surface area contributed by atoms with E-state index < -0.39 is 0 Å². The van der Waals surface area contributed by atoms with Crippen LogP contribution in [0.5, 0.6) is 0 Å². The van der Waals surface area contributed by atoms with Crippen molar-refractivity contribution in [3.05, 3.63) is 6.92 Å². The van der Waals surface area contributed by atoms with E-state index >= 15 is 0 Å². The number of carbonyl (C=O) groups excluding carboxylic acids is 1. The molecule has 1 aliphatic rings. The van der Waals surface area contributed by atoms with Crippen LogP contribution in [0.3, 0.4) is 0 Å². The van der Waals surface area contributed by atoms with Crippen molar-refractivity contribution in [2.24, 2.45) is 5.92 Å². The Bertz CT molecular complexity index is 205. The molecular weight excluding hydrogens is 224 g/mol. The van der Waals surface area contributed by atoms with Crippen LogP contribution in [0.2, 0.25) is 0 Å². The van der Waals surface area contributed by atoms with Gasteiger partial charge in [0.05, 0.1) is 6.61 Å². The lowest BCUT2D eigenvalue weighted by molar-refractivity contribution is -0.145. The minimum Gasteiger partial charge on any atom is -0.465 e. The SMILES string of the molecule is [CH2]CCCCCCC(=O)OCC1CCCCCC1. The number of unbranched alkanes of at least 4 members (excludes halogenated alkanes) is 4. The van der Waals surface area contributed by atoms with Crippen LogP contribution in [0.15, 0.2) is 0 Å². The monoisotopic (exact) mass is 253 g/mol. The maximum Gasteiger partial charge on any atom is 0.305 e. The Hall–Kier alpha value is -0.530. The molecule has 0 amide bonds. The van der Waals surface area contributed by atoms with Gasteiger partial charge in [-0.3, -0.25) is 4.79 Å². The van der Waals surface area contributed by atoms with Crippen molar-refractivity contribution in [2.45, 2.75) is 77.0 Å². The third kappa shape index (κ3) is 7.73. The van der Waals surface area contributed by atoms with Crippen LogP contribution in [-0.4, -0.2) is 12.6 Å². The number of hydrogen-bond acceptors (Lipinski definition) is 2. The molecule has 0 unspecified atom stereocenters. The molecule has 0 heterocycles. The molecule has 0 bridgehead atoms. The van der Waals surface area contributed by atoms with Crippen molar-refractivity contribution in [3.8, 4) is 0 Å². The van der Waals surface area contributed by atoms with Crippen molar-refractivity contribution in [1.82, 2.24) is 0 Å². The average molecular weight is 253 g/mol. The Morgan fingerprint density at radius 1 is 1.00 bits per heavy atom. The molecular formula is C16H29O2. The first-order valence-electron chi connectivity index (χ1n) is 7.78. The van der Waals surface area contributed by atoms with Gasteiger partial charge in [-0.15, -0.1) is 0 Å². The van der Waals surface area contributed by atoms with Crippen LogP contribution < -0.4 is 0 Å². The van der Waals surface area contributed by atoms with E-state index in [4.69, 9.17) is 4.74 Å². The Morgan fingerprint density at radius 3 is 2.33 bits per heavy atom. The van der Waals surface area contributed by atoms with Gasteiger partial charge in [-0.1, -0.05) is 58.3 Å². The highest BCUT2D eigenvalue weighted by atomic mass is 16.5. The summed E-state index contributed by atoms with van der Waals surface area (Å²) in [4.78, 5) is 11.6. The van der Waals surface area contributed by atoms with Gasteiger partial charge in [0.25, 0.3) is 0 Å². The summed E-state index contributed by atoms with van der Waals surface area (Å²) in [5, 5.41) is 0. The van der Waals surface area contributed by atoms with Crippen molar-refractivity contribution in [1.29, 1.82) is 0 Å². The molecule has 2 nitrogen and oxygen atoms in total. The second kappa shape index (κ2) is 10.4. The first-order chi connectivity index (χ1) is 8.83. The maximum atomic E-state index is 11.6. The average Bonchev–Trinajstić information content (AvgIpc) is 2.64. The number of esters is 1. The molecule has 105 valence electrons. The lowest BCUT2D eigenvalue weighted by atomic mass is 10.0. The van der Waals surface area contributed by atoms with Crippen molar-refractivity contribution in [2.75, 3.05) is 6.61 Å². The van der Waals surface area contributed by atoms with Gasteiger partial charge in [0, 0.05) is 6.42 Å². The Balaban J connectivity index is 1.98. The molecule has 1 fully saturated rings. The summed E-state index contributed by atoms with van der Waals surface area (Å²) < 4.78 is 5.39. The summed E-state index contributed by atoms with van der Waals surface area (Å²) in [6.07, 6.45) is 13.9. The first-order valence-corrected chi connectivity index (χ1v) is 7.78. The lowest BCUT2D eigenvalue weighted by Crippen LogP contribution is -2.13. The number of carbonyl (C=O) groups is 1. The smallest absolute Gasteiger partial charge is 0.305 e. The summed E-state index contributed by atoms with van der Waals surface area (Å²) in [7, 11) is 0. The minimum atomic E-state index is 0.00821. The summed E-state index contributed by atoms with van der Waals surface area (Å²) in [5.74, 6) is 0.636. The summed E-state index contributed by atoms with van der Waals surface area (Å²) >= 11 is 0. The normalized spacial score (nSPS) is 17.4. The van der Waals surface area contributed by atoms with Crippen LogP contribution in [0.25, 0.3) is 0 Å². The van der Waals surface area contributed by atoms with Crippen molar-refractivity contribution >= 4 is 5.97 Å². The number of rotatable bonds is 8. The van der Waals surface area contributed by atoms with E-state index in [1.54, 1.807) is 0 Å². The highest BCUT2D eigenvalue weighted by Gasteiger charge is 2.14. The van der Waals surface area contributed by atoms with Crippen LogP contribution in [-0.2, 0) is 9.53 Å². The van der Waals surface area contributed by atoms with Gasteiger partial charge in [0.1, 0.15) is 0 Å². The lowest BCUT2D eigenvalue weighted by Gasteiger charge is -2.14. The molecule has 2 heteroatoms. The summed E-state index contributed by atoms with van der Waals surface area (Å²) in [6, 6.07) is 0. The van der Waals surface area contributed by atoms with Gasteiger partial charge < -0.3 is 4.74 Å². The van der Waals surface area contributed by atoms with E-state index in [0.717, 1.165) is 19.3 Å². The Labute approximate surface area is 112 Å². The molecule has 1 saturated carbocycles. The van der Waals surface area contributed by atoms with Gasteiger partial charge in [0.15, 0.2) is 0 Å². The standard InChI is InChI=1S/C16H29O2/c1-2-3-4-5-10-13-16(17)18-14-15-11-8-6-7-9-12-15/h15H,1-14H2. The Morgan fingerprint density at radius 2 is 1.67 bits per heavy atom. The number of ether oxygens (including phenoxy) is 1. The second-order valence-corrected chi connectivity index (χ2v) is 5.56. The largest absolute Gasteiger partial charge is 0.465 e. The van der Waals surface area contributed by atoms with Gasteiger partial charge in [-0.25, -0.2) is 0 Å². The highest BCUT2D eigenvalue weighted by Crippen LogP contribution is 2.23. The van der Waals surface area contributed by atoms with E-state index in [1.165, 1.54) is 51.4 Å². The molecule has 0 aromatic rings. The molecule has 18 heavy (non-hydrogen) atoms. The fourth-order valence-corrected chi connectivity index (χ4v) is 2.61. The van der Waals surface area contributed by atoms with Crippen LogP contribution in [0.1, 0.15) is 77.0 Å². The van der Waals surface area contributed by atoms with Gasteiger partial charge >= 0.3 is 5.97 Å². The quantitative estimate of drug-likeness (QED) is 0.357. The van der Waals surface area contributed by atoms with Crippen LogP contribution >= 0.6 is 0 Å². The van der Waals surface area contributed by atoms with Gasteiger partial charge in [-0.2, -0.15) is 0 Å². The Kier molecular flexibility index (Phi) is 8.97. The molecule has 0 atom stereocenters. The third-order valence-corrected chi connectivity index (χ3v) is 3.84. The molecule has 0 aromatic carbocycles. The van der Waals surface area contributed by atoms with Crippen molar-refractivity contribution in [3.63, 3.8) is 0 Å². The molecule has 0 aromatic heterocycles. The molecule has 0 spiro atoms. The predicted molar refractivity (Wildman–Crippen MR) is 75.2 cm³/mol. The molecule has 1 aliphatic carbocycles.